The van der Waals surface area contributed by atoms with E-state index in [1.165, 1.54) is 0 Å². The number of aliphatic hydroxyl groups is 1. The van der Waals surface area contributed by atoms with Crippen molar-refractivity contribution in [1.29, 1.82) is 0 Å². The number of benzene rings is 1. The quantitative estimate of drug-likeness (QED) is 0.895. The second-order valence-electron chi connectivity index (χ2n) is 6.71. The minimum absolute atomic E-state index is 0.0212. The molecule has 0 atom stereocenters. The first-order valence-electron chi connectivity index (χ1n) is 7.54. The van der Waals surface area contributed by atoms with Gasteiger partial charge in [0.2, 0.25) is 0 Å². The summed E-state index contributed by atoms with van der Waals surface area (Å²) in [6, 6.07) is 10.1. The molecule has 3 rings (SSSR count). The maximum Gasteiger partial charge on any atom is 0.165 e. The Labute approximate surface area is 139 Å². The maximum atomic E-state index is 12.5. The molecular weight excluding hydrogens is 342 g/mol. The predicted molar refractivity (Wildman–Crippen MR) is 91.1 cm³/mol. The van der Waals surface area contributed by atoms with E-state index in [1.54, 1.807) is 0 Å². The molecule has 4 heteroatoms. The summed E-state index contributed by atoms with van der Waals surface area (Å²) in [6.07, 6.45) is 1.45. The summed E-state index contributed by atoms with van der Waals surface area (Å²) in [4.78, 5) is 12.5. The second kappa shape index (κ2) is 5.67. The number of aromatic nitrogens is 1. The molecule has 1 N–H and O–H groups in total. The van der Waals surface area contributed by atoms with E-state index < -0.39 is 0 Å². The Morgan fingerprint density at radius 3 is 2.55 bits per heavy atom. The van der Waals surface area contributed by atoms with E-state index in [1.807, 2.05) is 30.3 Å². The molecular formula is C18H20BrNO2. The van der Waals surface area contributed by atoms with E-state index >= 15 is 0 Å². The van der Waals surface area contributed by atoms with E-state index in [-0.39, 0.29) is 17.8 Å². The fourth-order valence-electron chi connectivity index (χ4n) is 3.28. The van der Waals surface area contributed by atoms with Crippen LogP contribution in [0.3, 0.4) is 0 Å². The lowest BCUT2D eigenvalue weighted by atomic mass is 9.76. The number of nitrogens with zero attached hydrogens (tertiary/aromatic N) is 1. The molecule has 0 aliphatic heterocycles. The summed E-state index contributed by atoms with van der Waals surface area (Å²) in [5.41, 5.74) is 3.94. The number of carbonyl (C=O) groups is 1. The number of ketones is 1. The highest BCUT2D eigenvalue weighted by atomic mass is 79.9. The summed E-state index contributed by atoms with van der Waals surface area (Å²) in [6.45, 7) is 4.84. The van der Waals surface area contributed by atoms with Crippen LogP contribution in [-0.4, -0.2) is 22.1 Å². The number of rotatable bonds is 3. The molecule has 0 saturated carbocycles. The zero-order chi connectivity index (χ0) is 15.9. The van der Waals surface area contributed by atoms with Crippen molar-refractivity contribution in [2.24, 2.45) is 5.41 Å². The van der Waals surface area contributed by atoms with Gasteiger partial charge in [0.25, 0.3) is 0 Å². The second-order valence-corrected chi connectivity index (χ2v) is 7.63. The van der Waals surface area contributed by atoms with Crippen molar-refractivity contribution in [2.75, 3.05) is 6.61 Å². The van der Waals surface area contributed by atoms with Crippen molar-refractivity contribution in [3.8, 4) is 11.3 Å². The van der Waals surface area contributed by atoms with Gasteiger partial charge in [-0.3, -0.25) is 4.79 Å². The molecule has 1 heterocycles. The molecule has 1 aliphatic rings. The standard InChI is InChI=1S/C18H20BrNO2/c1-18(2)10-16-14(17(22)11-18)9-15(20(16)7-8-21)12-3-5-13(19)6-4-12/h3-6,9,21H,7-8,10-11H2,1-2H3. The number of aliphatic hydroxyl groups excluding tert-OH is 1. The third-order valence-electron chi connectivity index (χ3n) is 4.26. The smallest absolute Gasteiger partial charge is 0.165 e. The summed E-state index contributed by atoms with van der Waals surface area (Å²) in [5, 5.41) is 9.44. The molecule has 2 aromatic rings. The van der Waals surface area contributed by atoms with Crippen LogP contribution in [0.5, 0.6) is 0 Å². The fourth-order valence-corrected chi connectivity index (χ4v) is 3.55. The predicted octanol–water partition coefficient (Wildman–Crippen LogP) is 4.07. The summed E-state index contributed by atoms with van der Waals surface area (Å²) in [5.74, 6) is 0.210. The van der Waals surface area contributed by atoms with Gasteiger partial charge in [0, 0.05) is 34.4 Å². The lowest BCUT2D eigenvalue weighted by Crippen LogP contribution is -2.28. The van der Waals surface area contributed by atoms with Gasteiger partial charge < -0.3 is 9.67 Å². The van der Waals surface area contributed by atoms with Crippen LogP contribution in [0.2, 0.25) is 0 Å². The highest BCUT2D eigenvalue weighted by molar-refractivity contribution is 9.10. The highest BCUT2D eigenvalue weighted by Crippen LogP contribution is 2.38. The van der Waals surface area contributed by atoms with Crippen LogP contribution in [-0.2, 0) is 13.0 Å². The lowest BCUT2D eigenvalue weighted by Gasteiger charge is -2.29. The normalized spacial score (nSPS) is 16.6. The maximum absolute atomic E-state index is 12.5. The van der Waals surface area contributed by atoms with Crippen LogP contribution in [0.4, 0.5) is 0 Å². The van der Waals surface area contributed by atoms with E-state index in [4.69, 9.17) is 0 Å². The molecule has 0 unspecified atom stereocenters. The van der Waals surface area contributed by atoms with Crippen LogP contribution in [0.1, 0.15) is 36.3 Å². The number of fused-ring (bicyclic) bond motifs is 1. The van der Waals surface area contributed by atoms with Crippen LogP contribution in [0.15, 0.2) is 34.8 Å². The number of halogens is 1. The molecule has 0 amide bonds. The SMILES string of the molecule is CC1(C)CC(=O)c2cc(-c3ccc(Br)cc3)n(CCO)c2C1. The number of Topliss-reactive ketones (excluding diaryl/α,β-unsaturated/α-hetero) is 1. The highest BCUT2D eigenvalue weighted by Gasteiger charge is 2.34. The Morgan fingerprint density at radius 2 is 1.91 bits per heavy atom. The minimum Gasteiger partial charge on any atom is -0.395 e. The number of hydrogen-bond donors (Lipinski definition) is 1. The lowest BCUT2D eigenvalue weighted by molar-refractivity contribution is 0.0909. The average molecular weight is 362 g/mol. The molecule has 1 aromatic carbocycles. The first kappa shape index (κ1) is 15.5. The Morgan fingerprint density at radius 1 is 1.23 bits per heavy atom. The first-order valence-corrected chi connectivity index (χ1v) is 8.33. The van der Waals surface area contributed by atoms with E-state index in [0.29, 0.717) is 13.0 Å². The van der Waals surface area contributed by atoms with Gasteiger partial charge in [-0.25, -0.2) is 0 Å². The van der Waals surface area contributed by atoms with Crippen LogP contribution < -0.4 is 0 Å². The number of hydrogen-bond acceptors (Lipinski definition) is 2. The van der Waals surface area contributed by atoms with E-state index in [9.17, 15) is 9.90 Å². The molecule has 116 valence electrons. The average Bonchev–Trinajstić information content (AvgIpc) is 2.78. The van der Waals surface area contributed by atoms with Crippen LogP contribution in [0, 0.1) is 5.41 Å². The summed E-state index contributed by atoms with van der Waals surface area (Å²) >= 11 is 3.45. The van der Waals surface area contributed by atoms with Crippen molar-refractivity contribution < 1.29 is 9.90 Å². The van der Waals surface area contributed by atoms with E-state index in [2.05, 4.69) is 34.3 Å². The molecule has 0 saturated heterocycles. The minimum atomic E-state index is -0.0212. The zero-order valence-electron chi connectivity index (χ0n) is 12.9. The number of carbonyl (C=O) groups excluding carboxylic acids is 1. The molecule has 1 aliphatic carbocycles. The van der Waals surface area contributed by atoms with Gasteiger partial charge in [-0.05, 0) is 35.6 Å². The van der Waals surface area contributed by atoms with Crippen molar-refractivity contribution in [3.63, 3.8) is 0 Å². The Bertz CT molecular complexity index is 713. The largest absolute Gasteiger partial charge is 0.395 e. The first-order chi connectivity index (χ1) is 10.4. The third kappa shape index (κ3) is 2.77. The molecule has 3 nitrogen and oxygen atoms in total. The van der Waals surface area contributed by atoms with Gasteiger partial charge in [-0.2, -0.15) is 0 Å². The summed E-state index contributed by atoms with van der Waals surface area (Å²) < 4.78 is 3.13. The summed E-state index contributed by atoms with van der Waals surface area (Å²) in [7, 11) is 0. The monoisotopic (exact) mass is 361 g/mol. The van der Waals surface area contributed by atoms with Gasteiger partial charge in [0.05, 0.1) is 6.61 Å². The van der Waals surface area contributed by atoms with Crippen LogP contribution in [0.25, 0.3) is 11.3 Å². The van der Waals surface area contributed by atoms with E-state index in [0.717, 1.165) is 33.4 Å². The van der Waals surface area contributed by atoms with Gasteiger partial charge >= 0.3 is 0 Å². The van der Waals surface area contributed by atoms with Gasteiger partial charge in [0.1, 0.15) is 0 Å². The zero-order valence-corrected chi connectivity index (χ0v) is 14.5. The topological polar surface area (TPSA) is 42.2 Å². The van der Waals surface area contributed by atoms with Gasteiger partial charge in [0.15, 0.2) is 5.78 Å². The van der Waals surface area contributed by atoms with Gasteiger partial charge in [-0.1, -0.05) is 41.9 Å². The van der Waals surface area contributed by atoms with Gasteiger partial charge in [-0.15, -0.1) is 0 Å². The fraction of sp³-hybridized carbons (Fsp3) is 0.389. The molecule has 0 fully saturated rings. The third-order valence-corrected chi connectivity index (χ3v) is 4.79. The Kier molecular flexibility index (Phi) is 4.00. The van der Waals surface area contributed by atoms with Crippen LogP contribution >= 0.6 is 15.9 Å². The van der Waals surface area contributed by atoms with Crippen molar-refractivity contribution in [1.82, 2.24) is 4.57 Å². The molecule has 0 radical (unpaired) electrons. The Hall–Kier alpha value is -1.39. The van der Waals surface area contributed by atoms with Crippen molar-refractivity contribution in [3.05, 3.63) is 46.1 Å². The molecule has 0 spiro atoms. The molecule has 1 aromatic heterocycles. The molecule has 0 bridgehead atoms. The Balaban J connectivity index is 2.16. The van der Waals surface area contributed by atoms with Crippen molar-refractivity contribution >= 4 is 21.7 Å². The molecule has 22 heavy (non-hydrogen) atoms. The van der Waals surface area contributed by atoms with Crippen molar-refractivity contribution in [2.45, 2.75) is 33.2 Å².